The highest BCUT2D eigenvalue weighted by atomic mass is 16.5. The van der Waals surface area contributed by atoms with Crippen molar-refractivity contribution < 1.29 is 42.7 Å². The fraction of sp³-hybridized carbons (Fsp3) is 0.216. The molecular weight excluding hydrogens is 1230 g/mol. The first-order valence-corrected chi connectivity index (χ1v) is 31.8. The van der Waals surface area contributed by atoms with Crippen LogP contribution in [-0.4, -0.2) is 124 Å². The van der Waals surface area contributed by atoms with E-state index in [-0.39, 0.29) is 41.3 Å². The van der Waals surface area contributed by atoms with Crippen LogP contribution in [0.3, 0.4) is 0 Å². The van der Waals surface area contributed by atoms with Gasteiger partial charge in [-0.05, 0) is 154 Å². The number of aromatic nitrogens is 7. The zero-order valence-electron chi connectivity index (χ0n) is 53.2. The molecular formula is C74H72N14O9. The Hall–Kier alpha value is -12.1. The Balaban J connectivity index is 0.000000139. The molecule has 10 aromatic rings. The SMILES string of the molecule is C=CC(=O)N1CC2(CC(n3cc(C(N)=O)c(-c4ccc(Oc5ccccc5)cc4)n3)C2)C1.C=CC(=O)N1CCC[C@@H](n2cc(C(N)=O)c(-c3ccc(Nc4nc5ccccc5o4)cc3)n2)C1.C=CC(=O)N1CCC[C@@H](n2cc(C(N)=O)c(-c3ccc(Oc4ccccc4)cc3)n2)C1. The number of nitrogens with one attached hydrogen (secondary N) is 1. The van der Waals surface area contributed by atoms with Crippen molar-refractivity contribution >= 4 is 58.2 Å². The van der Waals surface area contributed by atoms with E-state index in [0.29, 0.717) is 83.0 Å². The molecule has 14 rings (SSSR count). The molecule has 0 radical (unpaired) electrons. The number of piperidine rings is 2. The number of hydrogen-bond acceptors (Lipinski definition) is 14. The van der Waals surface area contributed by atoms with E-state index in [1.807, 2.05) is 167 Å². The van der Waals surface area contributed by atoms with Gasteiger partial charge in [-0.15, -0.1) is 0 Å². The largest absolute Gasteiger partial charge is 0.457 e. The monoisotopic (exact) mass is 1300 g/mol. The molecule has 492 valence electrons. The highest BCUT2D eigenvalue weighted by molar-refractivity contribution is 6.00. The molecule has 1 spiro atoms. The third kappa shape index (κ3) is 14.8. The summed E-state index contributed by atoms with van der Waals surface area (Å²) in [7, 11) is 0. The predicted molar refractivity (Wildman–Crippen MR) is 366 cm³/mol. The number of benzene rings is 6. The number of ether oxygens (including phenoxy) is 2. The molecule has 23 heteroatoms. The number of likely N-dealkylation sites (tertiary alicyclic amines) is 3. The molecule has 2 atom stereocenters. The number of amides is 6. The standard InChI is InChI=1S/C25H24N6O3.C25H24N4O3.C24H24N4O3/c1-2-22(32)30-13-5-6-18(14-30)31-15-19(24(26)33)23(29-31)16-9-11-17(12-10-16)27-25-28-20-7-3-4-8-21(20)34-25;1-2-22(30)28-15-25(16-28)12-18(13-25)29-14-21(24(26)31)23(27-29)17-8-10-20(11-9-17)32-19-6-4-3-5-7-19;1-2-22(29)27-14-6-7-18(15-27)28-16-21(24(25)30)23(26-28)17-10-12-20(13-11-17)31-19-8-4-3-5-9-19/h2-4,7-12,15,18H,1,5-6,13-14H2,(H2,26,33)(H,27,28);2-11,14,18H,1,12-13,15-16H2,(H2,26,31);2-5,8-13,16,18H,1,6-7,14-15H2,(H2,25,30)/t18-;;18-/m1.1/s1. The topological polar surface area (TPSA) is 300 Å². The molecule has 6 amide bonds. The summed E-state index contributed by atoms with van der Waals surface area (Å²) in [5.41, 5.74) is 24.4. The maximum atomic E-state index is 12.2. The predicted octanol–water partition coefficient (Wildman–Crippen LogP) is 11.5. The van der Waals surface area contributed by atoms with Gasteiger partial charge in [-0.2, -0.15) is 20.3 Å². The third-order valence-corrected chi connectivity index (χ3v) is 17.7. The quantitative estimate of drug-likeness (QED) is 0.0581. The molecule has 4 aromatic heterocycles. The number of fused-ring (bicyclic) bond motifs is 1. The van der Waals surface area contributed by atoms with Crippen LogP contribution in [0, 0.1) is 5.41 Å². The Morgan fingerprint density at radius 1 is 0.485 bits per heavy atom. The van der Waals surface area contributed by atoms with Crippen LogP contribution in [0.5, 0.6) is 23.0 Å². The van der Waals surface area contributed by atoms with Crippen LogP contribution in [0.2, 0.25) is 0 Å². The molecule has 23 nitrogen and oxygen atoms in total. The van der Waals surface area contributed by atoms with Crippen molar-refractivity contribution in [3.8, 4) is 56.8 Å². The summed E-state index contributed by atoms with van der Waals surface area (Å²) in [6.45, 7) is 14.6. The number of nitrogens with two attached hydrogens (primary N) is 3. The fourth-order valence-corrected chi connectivity index (χ4v) is 12.7. The number of primary amides is 3. The molecule has 4 aliphatic rings. The maximum Gasteiger partial charge on any atom is 0.300 e. The van der Waals surface area contributed by atoms with Gasteiger partial charge in [-0.1, -0.05) is 80.4 Å². The molecule has 97 heavy (non-hydrogen) atoms. The second-order valence-electron chi connectivity index (χ2n) is 24.3. The maximum absolute atomic E-state index is 12.2. The number of rotatable bonds is 18. The second-order valence-corrected chi connectivity index (χ2v) is 24.3. The lowest BCUT2D eigenvalue weighted by molar-refractivity contribution is -0.149. The van der Waals surface area contributed by atoms with Crippen LogP contribution in [-0.2, 0) is 14.4 Å². The second kappa shape index (κ2) is 28.6. The molecule has 7 heterocycles. The van der Waals surface area contributed by atoms with Crippen molar-refractivity contribution in [2.75, 3.05) is 44.6 Å². The Kier molecular flexibility index (Phi) is 19.2. The van der Waals surface area contributed by atoms with Crippen molar-refractivity contribution in [1.29, 1.82) is 0 Å². The summed E-state index contributed by atoms with van der Waals surface area (Å²) in [5.74, 6) is 1.07. The van der Waals surface area contributed by atoms with E-state index in [1.165, 1.54) is 18.2 Å². The minimum absolute atomic E-state index is 0.0174. The zero-order chi connectivity index (χ0) is 67.7. The van der Waals surface area contributed by atoms with E-state index in [9.17, 15) is 28.8 Å². The minimum atomic E-state index is -0.551. The Labute approximate surface area is 559 Å². The zero-order valence-corrected chi connectivity index (χ0v) is 53.2. The van der Waals surface area contributed by atoms with E-state index in [0.717, 1.165) is 91.0 Å². The molecule has 6 aromatic carbocycles. The summed E-state index contributed by atoms with van der Waals surface area (Å²) in [6, 6.07) is 49.4. The highest BCUT2D eigenvalue weighted by Crippen LogP contribution is 2.54. The van der Waals surface area contributed by atoms with E-state index < -0.39 is 17.7 Å². The number of hydrogen-bond donors (Lipinski definition) is 4. The van der Waals surface area contributed by atoms with Crippen LogP contribution in [0.15, 0.2) is 219 Å². The highest BCUT2D eigenvalue weighted by Gasteiger charge is 2.54. The molecule has 4 fully saturated rings. The summed E-state index contributed by atoms with van der Waals surface area (Å²) in [4.78, 5) is 81.8. The first-order chi connectivity index (χ1) is 47.0. The van der Waals surface area contributed by atoms with Crippen LogP contribution in [0.1, 0.15) is 87.7 Å². The number of anilines is 2. The lowest BCUT2D eigenvalue weighted by atomic mass is 9.60. The molecule has 7 N–H and O–H groups in total. The Bertz CT molecular complexity index is 4510. The number of oxazole rings is 1. The van der Waals surface area contributed by atoms with Gasteiger partial charge in [0.05, 0.1) is 34.8 Å². The molecule has 3 aliphatic heterocycles. The van der Waals surface area contributed by atoms with Crippen molar-refractivity contribution in [3.63, 3.8) is 0 Å². The summed E-state index contributed by atoms with van der Waals surface area (Å²) in [6.07, 6.45) is 14.4. The van der Waals surface area contributed by atoms with Gasteiger partial charge in [0.2, 0.25) is 17.7 Å². The van der Waals surface area contributed by atoms with Crippen LogP contribution >= 0.6 is 0 Å². The van der Waals surface area contributed by atoms with Gasteiger partial charge in [-0.25, -0.2) is 0 Å². The first-order valence-electron chi connectivity index (χ1n) is 31.8. The first kappa shape index (κ1) is 64.9. The smallest absolute Gasteiger partial charge is 0.300 e. The average Bonchev–Trinajstić information content (AvgIpc) is 1.56. The lowest BCUT2D eigenvalue weighted by Crippen LogP contribution is -2.63. The minimum Gasteiger partial charge on any atom is -0.457 e. The fourth-order valence-electron chi connectivity index (χ4n) is 12.7. The number of carbonyl (C=O) groups excluding carboxylic acids is 6. The van der Waals surface area contributed by atoms with Crippen LogP contribution < -0.4 is 32.0 Å². The molecule has 1 saturated carbocycles. The number of para-hydroxylation sites is 4. The van der Waals surface area contributed by atoms with Crippen molar-refractivity contribution in [2.24, 2.45) is 22.6 Å². The molecule has 0 bridgehead atoms. The van der Waals surface area contributed by atoms with Crippen molar-refractivity contribution in [3.05, 3.63) is 231 Å². The van der Waals surface area contributed by atoms with E-state index in [4.69, 9.17) is 36.2 Å². The average molecular weight is 1300 g/mol. The van der Waals surface area contributed by atoms with E-state index in [2.05, 4.69) is 40.2 Å². The Morgan fingerprint density at radius 3 is 1.28 bits per heavy atom. The summed E-state index contributed by atoms with van der Waals surface area (Å²) >= 11 is 0. The van der Waals surface area contributed by atoms with E-state index >= 15 is 0 Å². The van der Waals surface area contributed by atoms with Gasteiger partial charge in [0.15, 0.2) is 5.58 Å². The lowest BCUT2D eigenvalue weighted by Gasteiger charge is -2.58. The number of nitrogens with zero attached hydrogens (tertiary/aromatic N) is 10. The summed E-state index contributed by atoms with van der Waals surface area (Å²) < 4.78 is 22.7. The normalized spacial score (nSPS) is 16.2. The van der Waals surface area contributed by atoms with Gasteiger partial charge in [-0.3, -0.25) is 42.8 Å². The molecule has 1 aliphatic carbocycles. The molecule has 3 saturated heterocycles. The van der Waals surface area contributed by atoms with Crippen LogP contribution in [0.25, 0.3) is 44.9 Å². The van der Waals surface area contributed by atoms with E-state index in [1.54, 1.807) is 37.8 Å². The van der Waals surface area contributed by atoms with Gasteiger partial charge >= 0.3 is 0 Å². The van der Waals surface area contributed by atoms with Gasteiger partial charge in [0.1, 0.15) is 45.6 Å². The molecule has 0 unspecified atom stereocenters. The van der Waals surface area contributed by atoms with Gasteiger partial charge in [0.25, 0.3) is 23.7 Å². The van der Waals surface area contributed by atoms with Crippen LogP contribution in [0.4, 0.5) is 11.7 Å². The van der Waals surface area contributed by atoms with Crippen molar-refractivity contribution in [2.45, 2.75) is 56.7 Å². The van der Waals surface area contributed by atoms with Gasteiger partial charge < -0.3 is 51.1 Å². The summed E-state index contributed by atoms with van der Waals surface area (Å²) in [5, 5.41) is 17.2. The Morgan fingerprint density at radius 2 is 0.866 bits per heavy atom. The van der Waals surface area contributed by atoms with Gasteiger partial charge in [0, 0.05) is 85.7 Å². The third-order valence-electron chi connectivity index (χ3n) is 17.7. The van der Waals surface area contributed by atoms with Crippen molar-refractivity contribution in [1.82, 2.24) is 49.0 Å². The number of carbonyl (C=O) groups is 6.